The quantitative estimate of drug-likeness (QED) is 0.551. The molecule has 10 heteroatoms. The molecule has 0 radical (unpaired) electrons. The van der Waals surface area contributed by atoms with E-state index in [0.717, 1.165) is 0 Å². The van der Waals surface area contributed by atoms with Gasteiger partial charge in [0.25, 0.3) is 9.05 Å². The monoisotopic (exact) mass is 377 g/mol. The van der Waals surface area contributed by atoms with Gasteiger partial charge in [-0.15, -0.1) is 10.2 Å². The van der Waals surface area contributed by atoms with E-state index < -0.39 is 9.05 Å². The summed E-state index contributed by atoms with van der Waals surface area (Å²) in [7, 11) is 1.47. The summed E-state index contributed by atoms with van der Waals surface area (Å²) in [5, 5.41) is 22.5. The van der Waals surface area contributed by atoms with Gasteiger partial charge in [-0.3, -0.25) is 0 Å². The van der Waals surface area contributed by atoms with Crippen molar-refractivity contribution in [3.63, 3.8) is 0 Å². The topological polar surface area (TPSA) is 110 Å². The number of aromatic nitrogens is 3. The molecule has 25 heavy (non-hydrogen) atoms. The Bertz CT molecular complexity index is 1030. The highest BCUT2D eigenvalue weighted by atomic mass is 35.7. The van der Waals surface area contributed by atoms with Gasteiger partial charge in [0.05, 0.1) is 16.3 Å². The summed E-state index contributed by atoms with van der Waals surface area (Å²) in [5.41, 5.74) is 1.09. The minimum atomic E-state index is -3.81. The van der Waals surface area contributed by atoms with Crippen LogP contribution in [0.4, 0.5) is 11.5 Å². The molecule has 0 aliphatic heterocycles. The summed E-state index contributed by atoms with van der Waals surface area (Å²) >= 11 is 0. The normalized spacial score (nSPS) is 11.9. The molecule has 128 valence electrons. The Morgan fingerprint density at radius 3 is 2.44 bits per heavy atom. The van der Waals surface area contributed by atoms with Gasteiger partial charge in [-0.2, -0.15) is 9.78 Å². The van der Waals surface area contributed by atoms with Crippen molar-refractivity contribution in [1.82, 2.24) is 14.8 Å². The molecule has 0 aliphatic carbocycles. The fourth-order valence-corrected chi connectivity index (χ4v) is 2.84. The van der Waals surface area contributed by atoms with Gasteiger partial charge in [-0.05, 0) is 43.3 Å². The summed E-state index contributed by atoms with van der Waals surface area (Å²) in [6, 6.07) is 10.8. The number of aromatic hydroxyl groups is 1. The van der Waals surface area contributed by atoms with Crippen LogP contribution in [0.3, 0.4) is 0 Å². The van der Waals surface area contributed by atoms with E-state index in [1.54, 1.807) is 31.3 Å². The van der Waals surface area contributed by atoms with Crippen molar-refractivity contribution in [2.24, 2.45) is 10.2 Å². The smallest absolute Gasteiger partial charge is 0.261 e. The van der Waals surface area contributed by atoms with Crippen molar-refractivity contribution < 1.29 is 13.5 Å². The number of azo groups is 1. The third-order valence-electron chi connectivity index (χ3n) is 3.27. The Morgan fingerprint density at radius 2 is 1.84 bits per heavy atom. The molecule has 8 nitrogen and oxygen atoms in total. The molecule has 0 saturated carbocycles. The van der Waals surface area contributed by atoms with Crippen LogP contribution in [0.25, 0.3) is 5.69 Å². The van der Waals surface area contributed by atoms with Crippen LogP contribution in [0.1, 0.15) is 5.69 Å². The third-order valence-corrected chi connectivity index (χ3v) is 4.64. The van der Waals surface area contributed by atoms with Crippen molar-refractivity contribution in [2.75, 3.05) is 0 Å². The van der Waals surface area contributed by atoms with Gasteiger partial charge < -0.3 is 5.11 Å². The van der Waals surface area contributed by atoms with Crippen LogP contribution in [0.15, 0.2) is 63.8 Å². The van der Waals surface area contributed by atoms with E-state index in [9.17, 15) is 13.5 Å². The number of halogens is 1. The van der Waals surface area contributed by atoms with Gasteiger partial charge in [0.2, 0.25) is 5.88 Å². The molecule has 0 fully saturated rings. The molecule has 0 unspecified atom stereocenters. The Hall–Kier alpha value is -2.78. The van der Waals surface area contributed by atoms with E-state index in [1.807, 2.05) is 0 Å². The summed E-state index contributed by atoms with van der Waals surface area (Å²) in [6.07, 6.45) is 1.58. The summed E-state index contributed by atoms with van der Waals surface area (Å²) in [6.45, 7) is 1.67. The number of nitrogens with zero attached hydrogens (tertiary/aromatic N) is 5. The van der Waals surface area contributed by atoms with Crippen LogP contribution >= 0.6 is 10.7 Å². The van der Waals surface area contributed by atoms with E-state index >= 15 is 0 Å². The van der Waals surface area contributed by atoms with Crippen LogP contribution < -0.4 is 0 Å². The number of hydrogen-bond acceptors (Lipinski definition) is 7. The zero-order valence-electron chi connectivity index (χ0n) is 12.9. The number of benzene rings is 1. The van der Waals surface area contributed by atoms with Crippen molar-refractivity contribution >= 4 is 31.2 Å². The molecular weight excluding hydrogens is 366 g/mol. The zero-order valence-corrected chi connectivity index (χ0v) is 14.5. The first-order chi connectivity index (χ1) is 11.9. The molecule has 2 aromatic heterocycles. The third kappa shape index (κ3) is 3.67. The van der Waals surface area contributed by atoms with Gasteiger partial charge in [-0.1, -0.05) is 6.07 Å². The molecule has 3 rings (SSSR count). The summed E-state index contributed by atoms with van der Waals surface area (Å²) in [4.78, 5) is 3.97. The van der Waals surface area contributed by atoms with E-state index in [-0.39, 0.29) is 16.5 Å². The molecule has 1 N–H and O–H groups in total. The molecule has 0 spiro atoms. The molecule has 0 amide bonds. The minimum absolute atomic E-state index is 0.0450. The van der Waals surface area contributed by atoms with Crippen LogP contribution in [0.2, 0.25) is 0 Å². The maximum Gasteiger partial charge on any atom is 0.261 e. The number of rotatable bonds is 4. The Kier molecular flexibility index (Phi) is 4.51. The fourth-order valence-electron chi connectivity index (χ4n) is 2.07. The highest BCUT2D eigenvalue weighted by Gasteiger charge is 2.17. The SMILES string of the molecule is Cc1nn(-c2ccc(S(=O)(=O)Cl)cc2)c(O)c1N=Nc1ccccn1. The highest BCUT2D eigenvalue weighted by molar-refractivity contribution is 8.13. The second kappa shape index (κ2) is 6.61. The minimum Gasteiger partial charge on any atom is -0.492 e. The molecule has 0 saturated heterocycles. The predicted octanol–water partition coefficient (Wildman–Crippen LogP) is 3.62. The van der Waals surface area contributed by atoms with Crippen LogP contribution in [-0.4, -0.2) is 28.3 Å². The molecule has 3 aromatic rings. The zero-order chi connectivity index (χ0) is 18.0. The van der Waals surface area contributed by atoms with Crippen molar-refractivity contribution in [3.8, 4) is 11.6 Å². The first-order valence-corrected chi connectivity index (χ1v) is 9.33. The van der Waals surface area contributed by atoms with E-state index in [2.05, 4.69) is 20.3 Å². The maximum absolute atomic E-state index is 11.3. The summed E-state index contributed by atoms with van der Waals surface area (Å²) in [5.74, 6) is 0.171. The molecular formula is C15H12ClN5O3S. The number of hydrogen-bond donors (Lipinski definition) is 1. The van der Waals surface area contributed by atoms with Gasteiger partial charge in [0.1, 0.15) is 0 Å². The van der Waals surface area contributed by atoms with E-state index in [1.165, 1.54) is 28.9 Å². The lowest BCUT2D eigenvalue weighted by molar-refractivity contribution is 0.434. The van der Waals surface area contributed by atoms with Crippen molar-refractivity contribution in [1.29, 1.82) is 0 Å². The van der Waals surface area contributed by atoms with Crippen LogP contribution in [0.5, 0.6) is 5.88 Å². The molecule has 0 bridgehead atoms. The van der Waals surface area contributed by atoms with Gasteiger partial charge >= 0.3 is 0 Å². The van der Waals surface area contributed by atoms with Gasteiger partial charge in [0, 0.05) is 16.9 Å². The number of pyridine rings is 1. The predicted molar refractivity (Wildman–Crippen MR) is 91.4 cm³/mol. The van der Waals surface area contributed by atoms with Gasteiger partial charge in [0.15, 0.2) is 11.5 Å². The lowest BCUT2D eigenvalue weighted by Crippen LogP contribution is -1.97. The molecule has 0 atom stereocenters. The lowest BCUT2D eigenvalue weighted by atomic mass is 10.3. The van der Waals surface area contributed by atoms with E-state index in [4.69, 9.17) is 10.7 Å². The molecule has 0 aliphatic rings. The average molecular weight is 378 g/mol. The first-order valence-electron chi connectivity index (χ1n) is 7.03. The first kappa shape index (κ1) is 17.1. The van der Waals surface area contributed by atoms with Crippen molar-refractivity contribution in [3.05, 3.63) is 54.4 Å². The fraction of sp³-hybridized carbons (Fsp3) is 0.0667. The molecule has 1 aromatic carbocycles. The standard InChI is InChI=1S/C15H12ClN5O3S/c1-10-14(19-18-13-4-2-3-9-17-13)15(22)21(20-10)11-5-7-12(8-6-11)25(16,23)24/h2-9,22H,1H3. The second-order valence-electron chi connectivity index (χ2n) is 4.99. The maximum atomic E-state index is 11.3. The Labute approximate surface area is 147 Å². The second-order valence-corrected chi connectivity index (χ2v) is 7.56. The van der Waals surface area contributed by atoms with Crippen LogP contribution in [-0.2, 0) is 9.05 Å². The largest absolute Gasteiger partial charge is 0.492 e. The van der Waals surface area contributed by atoms with Crippen LogP contribution in [0, 0.1) is 6.92 Å². The average Bonchev–Trinajstić information content (AvgIpc) is 2.87. The lowest BCUT2D eigenvalue weighted by Gasteiger charge is -2.03. The van der Waals surface area contributed by atoms with Crippen molar-refractivity contribution in [2.45, 2.75) is 11.8 Å². The molecule has 2 heterocycles. The van der Waals surface area contributed by atoms with Gasteiger partial charge in [-0.25, -0.2) is 13.4 Å². The number of aryl methyl sites for hydroxylation is 1. The Balaban J connectivity index is 1.96. The van der Waals surface area contributed by atoms with E-state index in [0.29, 0.717) is 17.2 Å². The summed E-state index contributed by atoms with van der Waals surface area (Å²) < 4.78 is 23.8. The Morgan fingerprint density at radius 1 is 1.12 bits per heavy atom. The highest BCUT2D eigenvalue weighted by Crippen LogP contribution is 2.33.